The normalized spacial score (nSPS) is 15.6. The molecule has 0 spiro atoms. The van der Waals surface area contributed by atoms with Crippen LogP contribution in [0.15, 0.2) is 78.9 Å². The van der Waals surface area contributed by atoms with E-state index in [0.717, 1.165) is 29.4 Å². The monoisotopic (exact) mass is 419 g/mol. The molecule has 1 heterocycles. The molecule has 3 aromatic rings. The van der Waals surface area contributed by atoms with Gasteiger partial charge in [-0.25, -0.2) is 4.79 Å². The molecule has 1 aliphatic rings. The first kappa shape index (κ1) is 20.5. The lowest BCUT2D eigenvalue weighted by Crippen LogP contribution is -2.51. The number of rotatable bonds is 4. The highest BCUT2D eigenvalue weighted by Crippen LogP contribution is 2.30. The summed E-state index contributed by atoms with van der Waals surface area (Å²) >= 11 is 6.11. The second-order valence-electron chi connectivity index (χ2n) is 7.63. The number of carbonyl (C=O) groups excluding carboxylic acids is 1. The highest BCUT2D eigenvalue weighted by molar-refractivity contribution is 6.30. The van der Waals surface area contributed by atoms with E-state index in [1.54, 1.807) is 0 Å². The molecule has 0 radical (unpaired) electrons. The van der Waals surface area contributed by atoms with Gasteiger partial charge in [0, 0.05) is 36.9 Å². The lowest BCUT2D eigenvalue weighted by Gasteiger charge is -2.39. The van der Waals surface area contributed by atoms with Crippen LogP contribution in [0, 0.1) is 6.92 Å². The van der Waals surface area contributed by atoms with Gasteiger partial charge in [-0.3, -0.25) is 4.90 Å². The standard InChI is InChI=1S/C25H26ClN3O/c1-19-7-5-6-10-23(19)27-25(30)29-17-15-28(16-18-29)24(20-8-3-2-4-9-20)21-11-13-22(26)14-12-21/h2-14,24H,15-18H2,1H3,(H,27,30)/t24-/m0/s1. The molecule has 1 aliphatic heterocycles. The molecule has 3 aromatic carbocycles. The van der Waals surface area contributed by atoms with Crippen molar-refractivity contribution in [3.8, 4) is 0 Å². The molecule has 5 heteroatoms. The van der Waals surface area contributed by atoms with Gasteiger partial charge >= 0.3 is 6.03 Å². The second kappa shape index (κ2) is 9.33. The maximum absolute atomic E-state index is 12.8. The summed E-state index contributed by atoms with van der Waals surface area (Å²) in [7, 11) is 0. The van der Waals surface area contributed by atoms with Crippen molar-refractivity contribution >= 4 is 23.3 Å². The Morgan fingerprint density at radius 3 is 2.10 bits per heavy atom. The molecule has 2 amide bonds. The summed E-state index contributed by atoms with van der Waals surface area (Å²) in [5, 5.41) is 3.79. The maximum atomic E-state index is 12.8. The Bertz CT molecular complexity index is 983. The Morgan fingerprint density at radius 1 is 0.833 bits per heavy atom. The highest BCUT2D eigenvalue weighted by Gasteiger charge is 2.28. The molecule has 4 nitrogen and oxygen atoms in total. The van der Waals surface area contributed by atoms with Crippen LogP contribution in [0.1, 0.15) is 22.7 Å². The summed E-state index contributed by atoms with van der Waals surface area (Å²) in [5.74, 6) is 0. The van der Waals surface area contributed by atoms with Crippen molar-refractivity contribution in [2.24, 2.45) is 0 Å². The third-order valence-electron chi connectivity index (χ3n) is 5.65. The molecular formula is C25H26ClN3O. The number of amides is 2. The average molecular weight is 420 g/mol. The number of nitrogens with one attached hydrogen (secondary N) is 1. The predicted molar refractivity (Wildman–Crippen MR) is 123 cm³/mol. The van der Waals surface area contributed by atoms with E-state index in [0.29, 0.717) is 13.1 Å². The van der Waals surface area contributed by atoms with Gasteiger partial charge in [-0.15, -0.1) is 0 Å². The smallest absolute Gasteiger partial charge is 0.321 e. The molecular weight excluding hydrogens is 394 g/mol. The molecule has 4 rings (SSSR count). The number of carbonyl (C=O) groups is 1. The Morgan fingerprint density at radius 2 is 1.43 bits per heavy atom. The predicted octanol–water partition coefficient (Wildman–Crippen LogP) is 5.59. The van der Waals surface area contributed by atoms with E-state index in [-0.39, 0.29) is 12.1 Å². The van der Waals surface area contributed by atoms with Gasteiger partial charge in [0.05, 0.1) is 6.04 Å². The Labute approximate surface area is 183 Å². The van der Waals surface area contributed by atoms with E-state index >= 15 is 0 Å². The highest BCUT2D eigenvalue weighted by atomic mass is 35.5. The zero-order valence-corrected chi connectivity index (χ0v) is 17.8. The quantitative estimate of drug-likeness (QED) is 0.598. The number of benzene rings is 3. The van der Waals surface area contributed by atoms with Crippen LogP contribution in [0.5, 0.6) is 0 Å². The van der Waals surface area contributed by atoms with Gasteiger partial charge in [-0.05, 0) is 41.8 Å². The van der Waals surface area contributed by atoms with Gasteiger partial charge in [0.15, 0.2) is 0 Å². The Kier molecular flexibility index (Phi) is 6.36. The molecule has 0 aromatic heterocycles. The van der Waals surface area contributed by atoms with Crippen molar-refractivity contribution < 1.29 is 4.79 Å². The van der Waals surface area contributed by atoms with Crippen LogP contribution in [0.2, 0.25) is 5.02 Å². The van der Waals surface area contributed by atoms with E-state index in [1.165, 1.54) is 11.1 Å². The van der Waals surface area contributed by atoms with E-state index in [1.807, 2.05) is 54.3 Å². The summed E-state index contributed by atoms with van der Waals surface area (Å²) in [5.41, 5.74) is 4.39. The maximum Gasteiger partial charge on any atom is 0.321 e. The topological polar surface area (TPSA) is 35.6 Å². The minimum atomic E-state index is -0.0355. The number of piperazine rings is 1. The SMILES string of the molecule is Cc1ccccc1NC(=O)N1CCN([C@@H](c2ccccc2)c2ccc(Cl)cc2)CC1. The van der Waals surface area contributed by atoms with Crippen molar-refractivity contribution in [3.05, 3.63) is 101 Å². The third-order valence-corrected chi connectivity index (χ3v) is 5.91. The first-order chi connectivity index (χ1) is 14.6. The van der Waals surface area contributed by atoms with Gasteiger partial charge in [0.2, 0.25) is 0 Å². The minimum absolute atomic E-state index is 0.0355. The lowest BCUT2D eigenvalue weighted by atomic mass is 9.96. The second-order valence-corrected chi connectivity index (χ2v) is 8.07. The molecule has 0 unspecified atom stereocenters. The Hall–Kier alpha value is -2.82. The third kappa shape index (κ3) is 4.66. The number of hydrogen-bond acceptors (Lipinski definition) is 2. The molecule has 1 N–H and O–H groups in total. The average Bonchev–Trinajstić information content (AvgIpc) is 2.78. The van der Waals surface area contributed by atoms with Crippen molar-refractivity contribution in [1.29, 1.82) is 0 Å². The van der Waals surface area contributed by atoms with Crippen LogP contribution in [0.25, 0.3) is 0 Å². The van der Waals surface area contributed by atoms with Crippen LogP contribution in [0.3, 0.4) is 0 Å². The van der Waals surface area contributed by atoms with Crippen LogP contribution in [-0.4, -0.2) is 42.0 Å². The zero-order valence-electron chi connectivity index (χ0n) is 17.1. The minimum Gasteiger partial charge on any atom is -0.322 e. The number of hydrogen-bond donors (Lipinski definition) is 1. The summed E-state index contributed by atoms with van der Waals surface area (Å²) < 4.78 is 0. The molecule has 1 fully saturated rings. The number of urea groups is 1. The van der Waals surface area contributed by atoms with Crippen LogP contribution in [-0.2, 0) is 0 Å². The first-order valence-corrected chi connectivity index (χ1v) is 10.7. The Balaban J connectivity index is 1.47. The van der Waals surface area contributed by atoms with Gasteiger partial charge in [-0.1, -0.05) is 72.3 Å². The lowest BCUT2D eigenvalue weighted by molar-refractivity contribution is 0.126. The van der Waals surface area contributed by atoms with Gasteiger partial charge < -0.3 is 10.2 Å². The number of para-hydroxylation sites is 1. The summed E-state index contributed by atoms with van der Waals surface area (Å²) in [4.78, 5) is 17.1. The molecule has 154 valence electrons. The van der Waals surface area contributed by atoms with Crippen molar-refractivity contribution in [2.45, 2.75) is 13.0 Å². The van der Waals surface area contributed by atoms with Crippen molar-refractivity contribution in [2.75, 3.05) is 31.5 Å². The fourth-order valence-corrected chi connectivity index (χ4v) is 4.11. The zero-order chi connectivity index (χ0) is 20.9. The van der Waals surface area contributed by atoms with Gasteiger partial charge in [0.25, 0.3) is 0 Å². The molecule has 1 atom stereocenters. The van der Waals surface area contributed by atoms with E-state index < -0.39 is 0 Å². The van der Waals surface area contributed by atoms with E-state index in [2.05, 4.69) is 46.6 Å². The van der Waals surface area contributed by atoms with Gasteiger partial charge in [0.1, 0.15) is 0 Å². The van der Waals surface area contributed by atoms with Gasteiger partial charge in [-0.2, -0.15) is 0 Å². The first-order valence-electron chi connectivity index (χ1n) is 10.3. The van der Waals surface area contributed by atoms with Crippen molar-refractivity contribution in [3.63, 3.8) is 0 Å². The van der Waals surface area contributed by atoms with Crippen LogP contribution >= 0.6 is 11.6 Å². The van der Waals surface area contributed by atoms with Crippen molar-refractivity contribution in [1.82, 2.24) is 9.80 Å². The number of aryl methyl sites for hydroxylation is 1. The summed E-state index contributed by atoms with van der Waals surface area (Å²) in [6, 6.07) is 26.6. The number of anilines is 1. The molecule has 0 bridgehead atoms. The number of nitrogens with zero attached hydrogens (tertiary/aromatic N) is 2. The van der Waals surface area contributed by atoms with E-state index in [9.17, 15) is 4.79 Å². The van der Waals surface area contributed by atoms with Crippen LogP contribution in [0.4, 0.5) is 10.5 Å². The molecule has 0 aliphatic carbocycles. The molecule has 1 saturated heterocycles. The summed E-state index contributed by atoms with van der Waals surface area (Å²) in [6.07, 6.45) is 0. The largest absolute Gasteiger partial charge is 0.322 e. The molecule has 30 heavy (non-hydrogen) atoms. The van der Waals surface area contributed by atoms with E-state index in [4.69, 9.17) is 11.6 Å². The molecule has 0 saturated carbocycles. The summed E-state index contributed by atoms with van der Waals surface area (Å²) in [6.45, 7) is 5.00. The fraction of sp³-hybridized carbons (Fsp3) is 0.240. The van der Waals surface area contributed by atoms with Crippen LogP contribution < -0.4 is 5.32 Å². The fourth-order valence-electron chi connectivity index (χ4n) is 3.99. The number of halogens is 1.